The van der Waals surface area contributed by atoms with Crippen molar-refractivity contribution < 1.29 is 9.32 Å². The average Bonchev–Trinajstić information content (AvgIpc) is 3.10. The number of thioether (sulfide) groups is 1. The van der Waals surface area contributed by atoms with Crippen LogP contribution in [0.2, 0.25) is 0 Å². The standard InChI is InChI=1S/C13H20N4O2S/c1-9-15-12(16-19-9)5-10-3-2-4-17(6-10)13(18)11-7-20-8-14-11/h10-11,14H,2-8H2,1H3/t10-,11+/m1/s1. The normalized spacial score (nSPS) is 26.9. The van der Waals surface area contributed by atoms with Crippen LogP contribution in [-0.4, -0.2) is 51.7 Å². The van der Waals surface area contributed by atoms with E-state index in [1.54, 1.807) is 18.7 Å². The van der Waals surface area contributed by atoms with E-state index in [0.717, 1.165) is 49.8 Å². The van der Waals surface area contributed by atoms with Gasteiger partial charge in [-0.2, -0.15) is 4.98 Å². The van der Waals surface area contributed by atoms with Gasteiger partial charge in [-0.15, -0.1) is 11.8 Å². The molecule has 20 heavy (non-hydrogen) atoms. The molecule has 110 valence electrons. The van der Waals surface area contributed by atoms with Crippen molar-refractivity contribution in [1.29, 1.82) is 0 Å². The van der Waals surface area contributed by atoms with Crippen LogP contribution < -0.4 is 5.32 Å². The van der Waals surface area contributed by atoms with Gasteiger partial charge in [0.1, 0.15) is 0 Å². The van der Waals surface area contributed by atoms with E-state index in [-0.39, 0.29) is 11.9 Å². The van der Waals surface area contributed by atoms with E-state index in [0.29, 0.717) is 11.8 Å². The van der Waals surface area contributed by atoms with Crippen LogP contribution in [0, 0.1) is 12.8 Å². The summed E-state index contributed by atoms with van der Waals surface area (Å²) in [7, 11) is 0. The lowest BCUT2D eigenvalue weighted by Crippen LogP contribution is -2.49. The zero-order valence-corrected chi connectivity index (χ0v) is 12.5. The van der Waals surface area contributed by atoms with Crippen LogP contribution in [0.25, 0.3) is 0 Å². The molecule has 1 aromatic heterocycles. The van der Waals surface area contributed by atoms with Gasteiger partial charge in [-0.25, -0.2) is 0 Å². The molecule has 1 aromatic rings. The van der Waals surface area contributed by atoms with Gasteiger partial charge in [-0.1, -0.05) is 5.16 Å². The molecule has 3 heterocycles. The minimum atomic E-state index is 0.00571. The summed E-state index contributed by atoms with van der Waals surface area (Å²) in [6, 6.07) is 0.00571. The van der Waals surface area contributed by atoms with E-state index in [2.05, 4.69) is 15.5 Å². The first-order chi connectivity index (χ1) is 9.72. The Morgan fingerprint density at radius 1 is 1.60 bits per heavy atom. The van der Waals surface area contributed by atoms with E-state index in [9.17, 15) is 4.79 Å². The third kappa shape index (κ3) is 3.15. The maximum Gasteiger partial charge on any atom is 0.240 e. The molecule has 1 amide bonds. The van der Waals surface area contributed by atoms with Gasteiger partial charge in [0.2, 0.25) is 11.8 Å². The monoisotopic (exact) mass is 296 g/mol. The molecule has 2 fully saturated rings. The maximum atomic E-state index is 12.4. The van der Waals surface area contributed by atoms with Crippen LogP contribution in [0.5, 0.6) is 0 Å². The highest BCUT2D eigenvalue weighted by atomic mass is 32.2. The molecule has 0 spiro atoms. The number of nitrogens with one attached hydrogen (secondary N) is 1. The lowest BCUT2D eigenvalue weighted by atomic mass is 9.94. The average molecular weight is 296 g/mol. The Balaban J connectivity index is 1.57. The number of rotatable bonds is 3. The molecule has 0 aromatic carbocycles. The molecule has 0 saturated carbocycles. The molecule has 7 heteroatoms. The van der Waals surface area contributed by atoms with Crippen LogP contribution in [0.15, 0.2) is 4.52 Å². The Morgan fingerprint density at radius 2 is 2.50 bits per heavy atom. The molecule has 6 nitrogen and oxygen atoms in total. The Morgan fingerprint density at radius 3 is 3.20 bits per heavy atom. The fourth-order valence-corrected chi connectivity index (χ4v) is 3.82. The molecule has 1 N–H and O–H groups in total. The van der Waals surface area contributed by atoms with Gasteiger partial charge in [-0.05, 0) is 18.8 Å². The van der Waals surface area contributed by atoms with E-state index in [1.807, 2.05) is 4.90 Å². The van der Waals surface area contributed by atoms with Crippen LogP contribution in [0.3, 0.4) is 0 Å². The highest BCUT2D eigenvalue weighted by Crippen LogP contribution is 2.22. The number of carbonyl (C=O) groups is 1. The second-order valence-electron chi connectivity index (χ2n) is 5.50. The Bertz CT molecular complexity index is 473. The van der Waals surface area contributed by atoms with Gasteiger partial charge < -0.3 is 9.42 Å². The van der Waals surface area contributed by atoms with Crippen LogP contribution in [0.4, 0.5) is 0 Å². The molecule has 0 aliphatic carbocycles. The molecule has 2 saturated heterocycles. The highest BCUT2D eigenvalue weighted by Gasteiger charge is 2.31. The summed E-state index contributed by atoms with van der Waals surface area (Å²) in [4.78, 5) is 18.7. The zero-order valence-electron chi connectivity index (χ0n) is 11.7. The first kappa shape index (κ1) is 13.9. The summed E-state index contributed by atoms with van der Waals surface area (Å²) in [5.41, 5.74) is 0. The first-order valence-corrected chi connectivity index (χ1v) is 8.27. The molecule has 0 bridgehead atoms. The minimum absolute atomic E-state index is 0.00571. The number of hydrogen-bond acceptors (Lipinski definition) is 6. The van der Waals surface area contributed by atoms with Gasteiger partial charge >= 0.3 is 0 Å². The summed E-state index contributed by atoms with van der Waals surface area (Å²) in [6.07, 6.45) is 2.99. The molecule has 3 rings (SSSR count). The number of nitrogens with zero attached hydrogens (tertiary/aromatic N) is 3. The van der Waals surface area contributed by atoms with E-state index in [4.69, 9.17) is 4.52 Å². The molecule has 0 unspecified atom stereocenters. The van der Waals surface area contributed by atoms with Crippen molar-refractivity contribution in [2.24, 2.45) is 5.92 Å². The summed E-state index contributed by atoms with van der Waals surface area (Å²) in [5.74, 6) is 3.84. The largest absolute Gasteiger partial charge is 0.341 e. The Hall–Kier alpha value is -1.08. The highest BCUT2D eigenvalue weighted by molar-refractivity contribution is 7.99. The summed E-state index contributed by atoms with van der Waals surface area (Å²) in [5, 5.41) is 7.21. The predicted molar refractivity (Wildman–Crippen MR) is 76.3 cm³/mol. The number of amides is 1. The van der Waals surface area contributed by atoms with Crippen molar-refractivity contribution in [2.45, 2.75) is 32.2 Å². The van der Waals surface area contributed by atoms with E-state index < -0.39 is 0 Å². The van der Waals surface area contributed by atoms with Crippen molar-refractivity contribution in [3.63, 3.8) is 0 Å². The van der Waals surface area contributed by atoms with Crippen molar-refractivity contribution in [2.75, 3.05) is 24.7 Å². The quantitative estimate of drug-likeness (QED) is 0.890. The van der Waals surface area contributed by atoms with Crippen molar-refractivity contribution in [1.82, 2.24) is 20.4 Å². The topological polar surface area (TPSA) is 71.3 Å². The Kier molecular flexibility index (Phi) is 4.26. The lowest BCUT2D eigenvalue weighted by molar-refractivity contribution is -0.134. The van der Waals surface area contributed by atoms with Gasteiger partial charge in [0.05, 0.1) is 6.04 Å². The van der Waals surface area contributed by atoms with Crippen molar-refractivity contribution in [3.05, 3.63) is 11.7 Å². The van der Waals surface area contributed by atoms with Crippen LogP contribution in [0.1, 0.15) is 24.6 Å². The zero-order chi connectivity index (χ0) is 13.9. The van der Waals surface area contributed by atoms with Crippen LogP contribution >= 0.6 is 11.8 Å². The smallest absolute Gasteiger partial charge is 0.240 e. The predicted octanol–water partition coefficient (Wildman–Crippen LogP) is 0.822. The number of hydrogen-bond donors (Lipinski definition) is 1. The van der Waals surface area contributed by atoms with Gasteiger partial charge in [0, 0.05) is 38.1 Å². The van der Waals surface area contributed by atoms with Crippen LogP contribution in [-0.2, 0) is 11.2 Å². The molecule has 2 atom stereocenters. The third-order valence-electron chi connectivity index (χ3n) is 3.89. The number of piperidine rings is 1. The second kappa shape index (κ2) is 6.13. The van der Waals surface area contributed by atoms with Gasteiger partial charge in [-0.3, -0.25) is 10.1 Å². The third-order valence-corrected chi connectivity index (χ3v) is 4.83. The number of aromatic nitrogens is 2. The SMILES string of the molecule is Cc1nc(C[C@H]2CCCN(C(=O)[C@@H]3CSCN3)C2)no1. The number of carbonyl (C=O) groups excluding carboxylic acids is 1. The van der Waals surface area contributed by atoms with Gasteiger partial charge in [0.15, 0.2) is 5.82 Å². The number of likely N-dealkylation sites (tertiary alicyclic amines) is 1. The fourth-order valence-electron chi connectivity index (χ4n) is 2.89. The minimum Gasteiger partial charge on any atom is -0.341 e. The number of aryl methyl sites for hydroxylation is 1. The Labute approximate surface area is 122 Å². The second-order valence-corrected chi connectivity index (χ2v) is 6.53. The van der Waals surface area contributed by atoms with Gasteiger partial charge in [0.25, 0.3) is 0 Å². The van der Waals surface area contributed by atoms with Crippen molar-refractivity contribution in [3.8, 4) is 0 Å². The molecule has 0 radical (unpaired) electrons. The molecular weight excluding hydrogens is 276 g/mol. The lowest BCUT2D eigenvalue weighted by Gasteiger charge is -2.33. The molecule has 2 aliphatic heterocycles. The summed E-state index contributed by atoms with van der Waals surface area (Å²) >= 11 is 1.79. The van der Waals surface area contributed by atoms with E-state index in [1.165, 1.54) is 0 Å². The first-order valence-electron chi connectivity index (χ1n) is 7.11. The van der Waals surface area contributed by atoms with Crippen molar-refractivity contribution >= 4 is 17.7 Å². The molecule has 2 aliphatic rings. The summed E-state index contributed by atoms with van der Waals surface area (Å²) in [6.45, 7) is 3.50. The maximum absolute atomic E-state index is 12.4. The summed E-state index contributed by atoms with van der Waals surface area (Å²) < 4.78 is 5.01. The fraction of sp³-hybridized carbons (Fsp3) is 0.769. The van der Waals surface area contributed by atoms with E-state index >= 15 is 0 Å². The molecular formula is C13H20N4O2S.